The molecule has 0 aromatic heterocycles. The fraction of sp³-hybridized carbons (Fsp3) is 0.316. The zero-order chi connectivity index (χ0) is 19.4. The first-order chi connectivity index (χ1) is 12.9. The minimum absolute atomic E-state index is 0.0687. The number of carbonyl (C=O) groups excluding carboxylic acids is 1. The number of aryl methyl sites for hydroxylation is 1. The SMILES string of the molecule is COc1ccc(CCS(=O)(=O)Nc2ccc3c(c2)C(=O)N(C)CCO3)cc1. The van der Waals surface area contributed by atoms with Crippen molar-refractivity contribution in [2.75, 3.05) is 37.8 Å². The van der Waals surface area contributed by atoms with Gasteiger partial charge in [-0.15, -0.1) is 0 Å². The summed E-state index contributed by atoms with van der Waals surface area (Å²) in [5.41, 5.74) is 1.59. The van der Waals surface area contributed by atoms with E-state index < -0.39 is 10.0 Å². The number of amides is 1. The minimum atomic E-state index is -3.56. The molecule has 0 saturated heterocycles. The zero-order valence-electron chi connectivity index (χ0n) is 15.3. The fourth-order valence-electron chi connectivity index (χ4n) is 2.76. The molecule has 1 heterocycles. The topological polar surface area (TPSA) is 84.9 Å². The molecule has 0 aliphatic carbocycles. The molecule has 0 atom stereocenters. The Morgan fingerprint density at radius 2 is 1.93 bits per heavy atom. The van der Waals surface area contributed by atoms with Gasteiger partial charge in [-0.25, -0.2) is 8.42 Å². The second kappa shape index (κ2) is 7.87. The Labute approximate surface area is 158 Å². The molecule has 8 heteroatoms. The van der Waals surface area contributed by atoms with Crippen molar-refractivity contribution in [2.24, 2.45) is 0 Å². The normalized spacial score (nSPS) is 14.1. The van der Waals surface area contributed by atoms with Crippen LogP contribution in [0.2, 0.25) is 0 Å². The first-order valence-electron chi connectivity index (χ1n) is 8.54. The number of hydrogen-bond acceptors (Lipinski definition) is 5. The maximum absolute atomic E-state index is 12.4. The van der Waals surface area contributed by atoms with E-state index in [1.54, 1.807) is 43.3 Å². The first-order valence-corrected chi connectivity index (χ1v) is 10.2. The van der Waals surface area contributed by atoms with E-state index in [2.05, 4.69) is 4.72 Å². The summed E-state index contributed by atoms with van der Waals surface area (Å²) in [7, 11) is -0.294. The third-order valence-electron chi connectivity index (χ3n) is 4.33. The van der Waals surface area contributed by atoms with Crippen molar-refractivity contribution in [3.05, 3.63) is 53.6 Å². The lowest BCUT2D eigenvalue weighted by Gasteiger charge is -2.14. The molecule has 0 unspecified atom stereocenters. The summed E-state index contributed by atoms with van der Waals surface area (Å²) in [6.45, 7) is 0.888. The van der Waals surface area contributed by atoms with Crippen LogP contribution in [0.3, 0.4) is 0 Å². The van der Waals surface area contributed by atoms with Gasteiger partial charge in [0.05, 0.1) is 25.0 Å². The number of rotatable bonds is 6. The number of ether oxygens (including phenoxy) is 2. The number of carbonyl (C=O) groups is 1. The maximum Gasteiger partial charge on any atom is 0.257 e. The summed E-state index contributed by atoms with van der Waals surface area (Å²) in [4.78, 5) is 13.9. The lowest BCUT2D eigenvalue weighted by atomic mass is 10.1. The molecule has 0 fully saturated rings. The van der Waals surface area contributed by atoms with Crippen LogP contribution in [-0.4, -0.2) is 52.3 Å². The molecule has 1 N–H and O–H groups in total. The lowest BCUT2D eigenvalue weighted by molar-refractivity contribution is 0.0796. The molecule has 1 aliphatic heterocycles. The largest absolute Gasteiger partial charge is 0.497 e. The van der Waals surface area contributed by atoms with Gasteiger partial charge in [-0.3, -0.25) is 9.52 Å². The van der Waals surface area contributed by atoms with Crippen molar-refractivity contribution in [3.8, 4) is 11.5 Å². The number of hydrogen-bond donors (Lipinski definition) is 1. The standard InChI is InChI=1S/C19H22N2O5S/c1-21-10-11-26-18-8-5-15(13-17(18)19(21)22)20-27(23,24)12-9-14-3-6-16(25-2)7-4-14/h3-8,13,20H,9-12H2,1-2H3. The van der Waals surface area contributed by atoms with Gasteiger partial charge >= 0.3 is 0 Å². The zero-order valence-corrected chi connectivity index (χ0v) is 16.1. The van der Waals surface area contributed by atoms with Gasteiger partial charge < -0.3 is 14.4 Å². The van der Waals surface area contributed by atoms with Gasteiger partial charge in [-0.05, 0) is 42.3 Å². The summed E-state index contributed by atoms with van der Waals surface area (Å²) in [5, 5.41) is 0. The van der Waals surface area contributed by atoms with Crippen molar-refractivity contribution < 1.29 is 22.7 Å². The average Bonchev–Trinajstić information content (AvgIpc) is 2.79. The van der Waals surface area contributed by atoms with Crippen molar-refractivity contribution in [1.82, 2.24) is 4.90 Å². The second-order valence-electron chi connectivity index (χ2n) is 6.31. The monoisotopic (exact) mass is 390 g/mol. The lowest BCUT2D eigenvalue weighted by Crippen LogP contribution is -2.28. The van der Waals surface area contributed by atoms with Gasteiger partial charge in [0.25, 0.3) is 5.91 Å². The Kier molecular flexibility index (Phi) is 5.55. The molecule has 0 saturated carbocycles. The van der Waals surface area contributed by atoms with Gasteiger partial charge in [-0.1, -0.05) is 12.1 Å². The average molecular weight is 390 g/mol. The van der Waals surface area contributed by atoms with E-state index in [4.69, 9.17) is 9.47 Å². The van der Waals surface area contributed by atoms with Gasteiger partial charge in [0, 0.05) is 12.7 Å². The highest BCUT2D eigenvalue weighted by atomic mass is 32.2. The minimum Gasteiger partial charge on any atom is -0.497 e. The Hall–Kier alpha value is -2.74. The van der Waals surface area contributed by atoms with E-state index in [1.807, 2.05) is 12.1 Å². The molecule has 144 valence electrons. The quantitative estimate of drug-likeness (QED) is 0.817. The number of sulfonamides is 1. The third-order valence-corrected chi connectivity index (χ3v) is 5.62. The highest BCUT2D eigenvalue weighted by Gasteiger charge is 2.22. The predicted molar refractivity (Wildman–Crippen MR) is 103 cm³/mol. The molecule has 1 aliphatic rings. The van der Waals surface area contributed by atoms with Gasteiger partial charge in [0.15, 0.2) is 0 Å². The highest BCUT2D eigenvalue weighted by molar-refractivity contribution is 7.92. The Morgan fingerprint density at radius 3 is 2.63 bits per heavy atom. The molecule has 7 nitrogen and oxygen atoms in total. The maximum atomic E-state index is 12.4. The van der Waals surface area contributed by atoms with E-state index in [0.717, 1.165) is 11.3 Å². The summed E-state index contributed by atoms with van der Waals surface area (Å²) >= 11 is 0. The number of anilines is 1. The van der Waals surface area contributed by atoms with Crippen LogP contribution in [0.4, 0.5) is 5.69 Å². The molecule has 2 aromatic carbocycles. The van der Waals surface area contributed by atoms with Gasteiger partial charge in [0.1, 0.15) is 18.1 Å². The van der Waals surface area contributed by atoms with Crippen LogP contribution in [0.1, 0.15) is 15.9 Å². The number of nitrogens with one attached hydrogen (secondary N) is 1. The van der Waals surface area contributed by atoms with E-state index in [1.165, 1.54) is 6.07 Å². The molecule has 3 rings (SSSR count). The van der Waals surface area contributed by atoms with Gasteiger partial charge in [-0.2, -0.15) is 0 Å². The number of benzene rings is 2. The number of methoxy groups -OCH3 is 1. The molecule has 0 radical (unpaired) electrons. The predicted octanol–water partition coefficient (Wildman–Crippen LogP) is 2.14. The first kappa shape index (κ1) is 19.0. The molecule has 27 heavy (non-hydrogen) atoms. The van der Waals surface area contributed by atoms with Crippen LogP contribution in [-0.2, 0) is 16.4 Å². The van der Waals surface area contributed by atoms with Crippen LogP contribution in [0, 0.1) is 0 Å². The van der Waals surface area contributed by atoms with Crippen LogP contribution < -0.4 is 14.2 Å². The summed E-state index contributed by atoms with van der Waals surface area (Å²) in [5.74, 6) is 0.926. The Morgan fingerprint density at radius 1 is 1.19 bits per heavy atom. The fourth-order valence-corrected chi connectivity index (χ4v) is 3.85. The summed E-state index contributed by atoms with van der Waals surface area (Å²) in [6, 6.07) is 12.0. The molecule has 0 spiro atoms. The van der Waals surface area contributed by atoms with Crippen molar-refractivity contribution >= 4 is 21.6 Å². The third kappa shape index (κ3) is 4.71. The second-order valence-corrected chi connectivity index (χ2v) is 8.15. The van der Waals surface area contributed by atoms with Gasteiger partial charge in [0.2, 0.25) is 10.0 Å². The summed E-state index contributed by atoms with van der Waals surface area (Å²) in [6.07, 6.45) is 0.370. The van der Waals surface area contributed by atoms with E-state index in [-0.39, 0.29) is 11.7 Å². The van der Waals surface area contributed by atoms with E-state index >= 15 is 0 Å². The van der Waals surface area contributed by atoms with Crippen molar-refractivity contribution in [2.45, 2.75) is 6.42 Å². The van der Waals surface area contributed by atoms with E-state index in [9.17, 15) is 13.2 Å². The molecular formula is C19H22N2O5S. The summed E-state index contributed by atoms with van der Waals surface area (Å²) < 4.78 is 38.0. The Bertz CT molecular complexity index is 926. The molecule has 0 bridgehead atoms. The van der Waals surface area contributed by atoms with Crippen LogP contribution in [0.5, 0.6) is 11.5 Å². The number of likely N-dealkylation sites (N-methyl/N-ethyl adjacent to an activating group) is 1. The van der Waals surface area contributed by atoms with Crippen LogP contribution in [0.25, 0.3) is 0 Å². The molecule has 1 amide bonds. The van der Waals surface area contributed by atoms with Crippen LogP contribution in [0.15, 0.2) is 42.5 Å². The number of fused-ring (bicyclic) bond motifs is 1. The number of nitrogens with zero attached hydrogens (tertiary/aromatic N) is 1. The van der Waals surface area contributed by atoms with Crippen molar-refractivity contribution in [1.29, 1.82) is 0 Å². The van der Waals surface area contributed by atoms with Crippen LogP contribution >= 0.6 is 0 Å². The highest BCUT2D eigenvalue weighted by Crippen LogP contribution is 2.26. The smallest absolute Gasteiger partial charge is 0.257 e. The molecule has 2 aromatic rings. The van der Waals surface area contributed by atoms with Crippen molar-refractivity contribution in [3.63, 3.8) is 0 Å². The Balaban J connectivity index is 1.70. The molecular weight excluding hydrogens is 368 g/mol. The van der Waals surface area contributed by atoms with E-state index in [0.29, 0.717) is 36.6 Å².